The first-order valence-electron chi connectivity index (χ1n) is 8.19. The lowest BCUT2D eigenvalue weighted by atomic mass is 10.1. The molecule has 7 nitrogen and oxygen atoms in total. The van der Waals surface area contributed by atoms with Crippen molar-refractivity contribution in [1.29, 1.82) is 0 Å². The van der Waals surface area contributed by atoms with Gasteiger partial charge in [-0.05, 0) is 62.2 Å². The maximum Gasteiger partial charge on any atom is 0.261 e. The summed E-state index contributed by atoms with van der Waals surface area (Å²) in [4.78, 5) is 12.3. The number of amides is 1. The molecule has 3 aromatic rings. The van der Waals surface area contributed by atoms with E-state index in [9.17, 15) is 13.2 Å². The van der Waals surface area contributed by atoms with Crippen molar-refractivity contribution in [1.82, 2.24) is 5.16 Å². The predicted molar refractivity (Wildman–Crippen MR) is 102 cm³/mol. The summed E-state index contributed by atoms with van der Waals surface area (Å²) in [5, 5.41) is 6.25. The number of nitrogens with zero attached hydrogens (tertiary/aromatic N) is 1. The van der Waals surface area contributed by atoms with E-state index in [1.165, 1.54) is 24.3 Å². The van der Waals surface area contributed by atoms with Gasteiger partial charge in [-0.1, -0.05) is 17.3 Å². The SMILES string of the molecule is Cc1cc(NC(=O)c2cccc(S(=O)(=O)Nc3ccc(C)c(C)c3)c2)no1. The van der Waals surface area contributed by atoms with Crippen LogP contribution >= 0.6 is 0 Å². The number of carbonyl (C=O) groups excluding carboxylic acids is 1. The average molecular weight is 385 g/mol. The van der Waals surface area contributed by atoms with Gasteiger partial charge in [0.15, 0.2) is 5.82 Å². The minimum Gasteiger partial charge on any atom is -0.360 e. The topological polar surface area (TPSA) is 101 Å². The number of hydrogen-bond donors (Lipinski definition) is 2. The molecule has 0 bridgehead atoms. The second-order valence-corrected chi connectivity index (χ2v) is 7.89. The molecule has 2 N–H and O–H groups in total. The molecule has 0 aliphatic carbocycles. The van der Waals surface area contributed by atoms with E-state index < -0.39 is 15.9 Å². The summed E-state index contributed by atoms with van der Waals surface area (Å²) < 4.78 is 32.8. The van der Waals surface area contributed by atoms with Gasteiger partial charge in [-0.2, -0.15) is 0 Å². The first kappa shape index (κ1) is 18.7. The van der Waals surface area contributed by atoms with Crippen molar-refractivity contribution in [3.05, 3.63) is 71.0 Å². The Bertz CT molecular complexity index is 1100. The molecule has 27 heavy (non-hydrogen) atoms. The summed E-state index contributed by atoms with van der Waals surface area (Å²) in [6.07, 6.45) is 0. The average Bonchev–Trinajstić information content (AvgIpc) is 3.03. The van der Waals surface area contributed by atoms with E-state index in [0.29, 0.717) is 11.4 Å². The molecule has 3 rings (SSSR count). The van der Waals surface area contributed by atoms with Gasteiger partial charge in [0.05, 0.1) is 4.90 Å². The lowest BCUT2D eigenvalue weighted by Gasteiger charge is -2.11. The predicted octanol–water partition coefficient (Wildman–Crippen LogP) is 3.65. The van der Waals surface area contributed by atoms with Crippen LogP contribution in [-0.2, 0) is 10.0 Å². The van der Waals surface area contributed by atoms with Gasteiger partial charge in [0.25, 0.3) is 15.9 Å². The monoisotopic (exact) mass is 385 g/mol. The number of sulfonamides is 1. The number of rotatable bonds is 5. The summed E-state index contributed by atoms with van der Waals surface area (Å²) >= 11 is 0. The molecule has 0 aliphatic heterocycles. The van der Waals surface area contributed by atoms with Gasteiger partial charge in [-0.3, -0.25) is 9.52 Å². The molecule has 0 fully saturated rings. The molecule has 8 heteroatoms. The minimum atomic E-state index is -3.83. The van der Waals surface area contributed by atoms with E-state index in [1.54, 1.807) is 25.1 Å². The molecular weight excluding hydrogens is 366 g/mol. The van der Waals surface area contributed by atoms with Gasteiger partial charge in [0, 0.05) is 17.3 Å². The van der Waals surface area contributed by atoms with Crippen molar-refractivity contribution in [3.8, 4) is 0 Å². The maximum absolute atomic E-state index is 12.7. The molecule has 0 saturated carbocycles. The van der Waals surface area contributed by atoms with E-state index in [4.69, 9.17) is 4.52 Å². The fourth-order valence-corrected chi connectivity index (χ4v) is 3.53. The van der Waals surface area contributed by atoms with Crippen LogP contribution < -0.4 is 10.0 Å². The lowest BCUT2D eigenvalue weighted by molar-refractivity contribution is 0.102. The quantitative estimate of drug-likeness (QED) is 0.698. The molecule has 0 atom stereocenters. The molecule has 0 unspecified atom stereocenters. The van der Waals surface area contributed by atoms with Crippen molar-refractivity contribution in [2.24, 2.45) is 0 Å². The smallest absolute Gasteiger partial charge is 0.261 e. The standard InChI is InChI=1S/C19H19N3O4S/c1-12-7-8-16(9-13(12)2)22-27(24,25)17-6-4-5-15(11-17)19(23)20-18-10-14(3)26-21-18/h4-11,22H,1-3H3,(H,20,21,23). The zero-order valence-electron chi connectivity index (χ0n) is 15.1. The Balaban J connectivity index is 1.82. The normalized spacial score (nSPS) is 11.2. The van der Waals surface area contributed by atoms with Crippen molar-refractivity contribution in [3.63, 3.8) is 0 Å². The van der Waals surface area contributed by atoms with Crippen LogP contribution in [0.3, 0.4) is 0 Å². The number of hydrogen-bond acceptors (Lipinski definition) is 5. The molecule has 1 aromatic heterocycles. The summed E-state index contributed by atoms with van der Waals surface area (Å²) in [5.74, 6) is 0.338. The summed E-state index contributed by atoms with van der Waals surface area (Å²) in [5.41, 5.74) is 2.70. The van der Waals surface area contributed by atoms with E-state index >= 15 is 0 Å². The zero-order chi connectivity index (χ0) is 19.6. The number of aryl methyl sites for hydroxylation is 3. The molecule has 1 heterocycles. The Morgan fingerprint density at radius 3 is 2.44 bits per heavy atom. The Hall–Kier alpha value is -3.13. The second kappa shape index (κ2) is 7.24. The fourth-order valence-electron chi connectivity index (χ4n) is 2.44. The third-order valence-corrected chi connectivity index (χ3v) is 5.41. The van der Waals surface area contributed by atoms with Crippen LogP contribution in [0.4, 0.5) is 11.5 Å². The van der Waals surface area contributed by atoms with Crippen LogP contribution in [0.1, 0.15) is 27.2 Å². The van der Waals surface area contributed by atoms with Crippen molar-refractivity contribution in [2.75, 3.05) is 10.0 Å². The fraction of sp³-hybridized carbons (Fsp3) is 0.158. The van der Waals surface area contributed by atoms with Gasteiger partial charge >= 0.3 is 0 Å². The van der Waals surface area contributed by atoms with Gasteiger partial charge in [0.2, 0.25) is 0 Å². The van der Waals surface area contributed by atoms with E-state index in [0.717, 1.165) is 11.1 Å². The van der Waals surface area contributed by atoms with E-state index in [-0.39, 0.29) is 16.3 Å². The highest BCUT2D eigenvalue weighted by molar-refractivity contribution is 7.92. The van der Waals surface area contributed by atoms with Gasteiger partial charge in [0.1, 0.15) is 5.76 Å². The number of anilines is 2. The van der Waals surface area contributed by atoms with Crippen LogP contribution in [0.25, 0.3) is 0 Å². The number of nitrogens with one attached hydrogen (secondary N) is 2. The summed E-state index contributed by atoms with van der Waals surface area (Å²) in [7, 11) is -3.83. The zero-order valence-corrected chi connectivity index (χ0v) is 15.9. The van der Waals surface area contributed by atoms with Gasteiger partial charge in [-0.15, -0.1) is 0 Å². The van der Waals surface area contributed by atoms with Crippen LogP contribution in [0.15, 0.2) is 57.9 Å². The van der Waals surface area contributed by atoms with Crippen LogP contribution in [0, 0.1) is 20.8 Å². The Morgan fingerprint density at radius 2 is 1.78 bits per heavy atom. The Kier molecular flexibility index (Phi) is 5.00. The summed E-state index contributed by atoms with van der Waals surface area (Å²) in [6, 6.07) is 12.7. The second-order valence-electron chi connectivity index (χ2n) is 6.21. The molecule has 140 valence electrons. The lowest BCUT2D eigenvalue weighted by Crippen LogP contribution is -2.16. The minimum absolute atomic E-state index is 0.00953. The summed E-state index contributed by atoms with van der Waals surface area (Å²) in [6.45, 7) is 5.56. The molecule has 0 saturated heterocycles. The molecule has 0 spiro atoms. The molecular formula is C19H19N3O4S. The third kappa shape index (κ3) is 4.35. The molecule has 1 amide bonds. The Labute approximate surface area is 157 Å². The van der Waals surface area contributed by atoms with Crippen molar-refractivity contribution in [2.45, 2.75) is 25.7 Å². The molecule has 0 radical (unpaired) electrons. The Morgan fingerprint density at radius 1 is 1.00 bits per heavy atom. The maximum atomic E-state index is 12.7. The highest BCUT2D eigenvalue weighted by Crippen LogP contribution is 2.20. The van der Waals surface area contributed by atoms with E-state index in [2.05, 4.69) is 15.2 Å². The number of aromatic nitrogens is 1. The van der Waals surface area contributed by atoms with Crippen LogP contribution in [-0.4, -0.2) is 19.5 Å². The highest BCUT2D eigenvalue weighted by atomic mass is 32.2. The third-order valence-electron chi connectivity index (χ3n) is 4.04. The first-order valence-corrected chi connectivity index (χ1v) is 9.68. The number of benzene rings is 2. The van der Waals surface area contributed by atoms with Gasteiger partial charge < -0.3 is 9.84 Å². The molecule has 0 aliphatic rings. The van der Waals surface area contributed by atoms with Crippen LogP contribution in [0.2, 0.25) is 0 Å². The van der Waals surface area contributed by atoms with Crippen molar-refractivity contribution >= 4 is 27.4 Å². The number of carbonyl (C=O) groups is 1. The first-order chi connectivity index (χ1) is 12.7. The largest absolute Gasteiger partial charge is 0.360 e. The van der Waals surface area contributed by atoms with E-state index in [1.807, 2.05) is 19.9 Å². The highest BCUT2D eigenvalue weighted by Gasteiger charge is 2.17. The molecule has 2 aromatic carbocycles. The van der Waals surface area contributed by atoms with Crippen molar-refractivity contribution < 1.29 is 17.7 Å². The van der Waals surface area contributed by atoms with Crippen LogP contribution in [0.5, 0.6) is 0 Å². The van der Waals surface area contributed by atoms with Gasteiger partial charge in [-0.25, -0.2) is 8.42 Å².